The molecule has 0 radical (unpaired) electrons. The molecular formula is C14H24O3. The second-order valence-electron chi connectivity index (χ2n) is 4.52. The quantitative estimate of drug-likeness (QED) is 0.830. The van der Waals surface area contributed by atoms with Gasteiger partial charge in [0.05, 0.1) is 18.8 Å². The number of ether oxygens (including phenoxy) is 1. The first-order valence-corrected chi connectivity index (χ1v) is 5.46. The third kappa shape index (κ3) is 4.86. The molecule has 1 unspecified atom stereocenters. The Bertz CT molecular complexity index is 317. The minimum atomic E-state index is -0.815. The Morgan fingerprint density at radius 1 is 1.24 bits per heavy atom. The highest BCUT2D eigenvalue weighted by atomic mass is 16.5. The van der Waals surface area contributed by atoms with Crippen LogP contribution < -0.4 is 0 Å². The maximum atomic E-state index is 9.24. The molecule has 0 bridgehead atoms. The summed E-state index contributed by atoms with van der Waals surface area (Å²) in [6, 6.07) is 8.09. The van der Waals surface area contributed by atoms with Gasteiger partial charge in [-0.15, -0.1) is 0 Å². The first-order valence-electron chi connectivity index (χ1n) is 5.46. The van der Waals surface area contributed by atoms with E-state index in [0.29, 0.717) is 0 Å². The molecule has 0 fully saturated rings. The van der Waals surface area contributed by atoms with Crippen LogP contribution in [0.5, 0.6) is 0 Å². The van der Waals surface area contributed by atoms with Crippen molar-refractivity contribution in [1.29, 1.82) is 0 Å². The van der Waals surface area contributed by atoms with Crippen LogP contribution in [0.25, 0.3) is 0 Å². The average Bonchev–Trinajstić information content (AvgIpc) is 2.26. The molecule has 0 aliphatic carbocycles. The minimum Gasteiger partial charge on any atom is -0.394 e. The second kappa shape index (κ2) is 6.74. The molecule has 0 saturated carbocycles. The average molecular weight is 240 g/mol. The van der Waals surface area contributed by atoms with Crippen LogP contribution in [-0.2, 0) is 10.3 Å². The standard InChI is InChI=1S/C13H20O3.CH4/c1-10-4-6-11(7-5-10)13(2,3)16-9-12(15)8-14;/h4-7,12,14-15H,8-9H2,1-3H3;1H4. The molecule has 0 aliphatic rings. The van der Waals surface area contributed by atoms with Crippen molar-refractivity contribution >= 4 is 0 Å². The SMILES string of the molecule is C.Cc1ccc(C(C)(C)OCC(O)CO)cc1. The van der Waals surface area contributed by atoms with E-state index in [1.165, 1.54) is 5.56 Å². The summed E-state index contributed by atoms with van der Waals surface area (Å²) >= 11 is 0. The first-order chi connectivity index (χ1) is 7.45. The predicted octanol–water partition coefficient (Wildman–Crippen LogP) is 2.24. The summed E-state index contributed by atoms with van der Waals surface area (Å²) in [4.78, 5) is 0. The van der Waals surface area contributed by atoms with E-state index >= 15 is 0 Å². The zero-order chi connectivity index (χ0) is 12.2. The van der Waals surface area contributed by atoms with Gasteiger partial charge in [0.1, 0.15) is 6.10 Å². The lowest BCUT2D eigenvalue weighted by Gasteiger charge is -2.27. The smallest absolute Gasteiger partial charge is 0.100 e. The van der Waals surface area contributed by atoms with Crippen LogP contribution in [-0.4, -0.2) is 29.5 Å². The molecule has 2 N–H and O–H groups in total. The highest BCUT2D eigenvalue weighted by Crippen LogP contribution is 2.24. The number of hydrogen-bond donors (Lipinski definition) is 2. The number of hydrogen-bond acceptors (Lipinski definition) is 3. The third-order valence-corrected chi connectivity index (χ3v) is 2.59. The molecule has 0 amide bonds. The number of benzene rings is 1. The summed E-state index contributed by atoms with van der Waals surface area (Å²) in [6.07, 6.45) is -0.815. The van der Waals surface area contributed by atoms with Crippen molar-refractivity contribution in [3.8, 4) is 0 Å². The maximum Gasteiger partial charge on any atom is 0.100 e. The fourth-order valence-corrected chi connectivity index (χ4v) is 1.40. The second-order valence-corrected chi connectivity index (χ2v) is 4.52. The highest BCUT2D eigenvalue weighted by Gasteiger charge is 2.22. The Morgan fingerprint density at radius 2 is 1.76 bits per heavy atom. The number of aryl methyl sites for hydroxylation is 1. The van der Waals surface area contributed by atoms with E-state index in [1.807, 2.05) is 45.0 Å². The van der Waals surface area contributed by atoms with Crippen LogP contribution in [0.3, 0.4) is 0 Å². The summed E-state index contributed by atoms with van der Waals surface area (Å²) in [7, 11) is 0. The van der Waals surface area contributed by atoms with Gasteiger partial charge in [-0.1, -0.05) is 37.3 Å². The van der Waals surface area contributed by atoms with Gasteiger partial charge in [-0.3, -0.25) is 0 Å². The van der Waals surface area contributed by atoms with Gasteiger partial charge in [0.25, 0.3) is 0 Å². The van der Waals surface area contributed by atoms with Gasteiger partial charge >= 0.3 is 0 Å². The molecule has 1 rings (SSSR count). The molecule has 1 atom stereocenters. The summed E-state index contributed by atoms with van der Waals surface area (Å²) in [5, 5.41) is 17.9. The van der Waals surface area contributed by atoms with Crippen molar-refractivity contribution in [1.82, 2.24) is 0 Å². The van der Waals surface area contributed by atoms with Gasteiger partial charge < -0.3 is 14.9 Å². The van der Waals surface area contributed by atoms with Crippen molar-refractivity contribution in [2.75, 3.05) is 13.2 Å². The maximum absolute atomic E-state index is 9.24. The van der Waals surface area contributed by atoms with Crippen molar-refractivity contribution in [3.63, 3.8) is 0 Å². The molecule has 0 aliphatic heterocycles. The molecule has 98 valence electrons. The van der Waals surface area contributed by atoms with E-state index in [1.54, 1.807) is 0 Å². The Morgan fingerprint density at radius 3 is 2.24 bits per heavy atom. The zero-order valence-electron chi connectivity index (χ0n) is 10.1. The van der Waals surface area contributed by atoms with Crippen LogP contribution >= 0.6 is 0 Å². The van der Waals surface area contributed by atoms with E-state index in [4.69, 9.17) is 9.84 Å². The molecule has 1 aromatic carbocycles. The summed E-state index contributed by atoms with van der Waals surface area (Å²) in [5.41, 5.74) is 1.81. The van der Waals surface area contributed by atoms with Crippen LogP contribution in [0.1, 0.15) is 32.4 Å². The molecule has 3 heteroatoms. The molecule has 0 spiro atoms. The normalized spacial score (nSPS) is 13.0. The summed E-state index contributed by atoms with van der Waals surface area (Å²) < 4.78 is 5.60. The van der Waals surface area contributed by atoms with E-state index in [9.17, 15) is 5.11 Å². The van der Waals surface area contributed by atoms with Gasteiger partial charge in [0.2, 0.25) is 0 Å². The lowest BCUT2D eigenvalue weighted by Crippen LogP contribution is -2.28. The topological polar surface area (TPSA) is 49.7 Å². The van der Waals surface area contributed by atoms with Crippen LogP contribution in [0.2, 0.25) is 0 Å². The molecule has 1 aromatic rings. The van der Waals surface area contributed by atoms with Gasteiger partial charge in [0.15, 0.2) is 0 Å². The minimum absolute atomic E-state index is 0. The monoisotopic (exact) mass is 240 g/mol. The fourth-order valence-electron chi connectivity index (χ4n) is 1.40. The van der Waals surface area contributed by atoms with Crippen molar-refractivity contribution in [2.24, 2.45) is 0 Å². The number of rotatable bonds is 5. The molecule has 0 aromatic heterocycles. The van der Waals surface area contributed by atoms with Gasteiger partial charge in [-0.25, -0.2) is 0 Å². The number of aliphatic hydroxyl groups excluding tert-OH is 2. The van der Waals surface area contributed by atoms with E-state index in [-0.39, 0.29) is 20.6 Å². The van der Waals surface area contributed by atoms with Crippen molar-refractivity contribution < 1.29 is 14.9 Å². The summed E-state index contributed by atoms with van der Waals surface area (Å²) in [6.45, 7) is 5.79. The lowest BCUT2D eigenvalue weighted by atomic mass is 9.97. The molecule has 0 heterocycles. The number of aliphatic hydroxyl groups is 2. The lowest BCUT2D eigenvalue weighted by molar-refractivity contribution is -0.0741. The Labute approximate surface area is 104 Å². The van der Waals surface area contributed by atoms with Crippen LogP contribution in [0.4, 0.5) is 0 Å². The van der Waals surface area contributed by atoms with Crippen molar-refractivity contribution in [2.45, 2.75) is 39.9 Å². The molecule has 3 nitrogen and oxygen atoms in total. The largest absolute Gasteiger partial charge is 0.394 e. The molecular weight excluding hydrogens is 216 g/mol. The van der Waals surface area contributed by atoms with E-state index in [0.717, 1.165) is 5.56 Å². The Hall–Kier alpha value is -0.900. The molecule has 0 saturated heterocycles. The predicted molar refractivity (Wildman–Crippen MR) is 70.0 cm³/mol. The van der Waals surface area contributed by atoms with E-state index in [2.05, 4.69) is 0 Å². The van der Waals surface area contributed by atoms with Gasteiger partial charge in [-0.2, -0.15) is 0 Å². The van der Waals surface area contributed by atoms with Crippen LogP contribution in [0.15, 0.2) is 24.3 Å². The first kappa shape index (κ1) is 16.1. The summed E-state index contributed by atoms with van der Waals surface area (Å²) in [5.74, 6) is 0. The Balaban J connectivity index is 0.00000256. The third-order valence-electron chi connectivity index (χ3n) is 2.59. The van der Waals surface area contributed by atoms with Gasteiger partial charge in [0, 0.05) is 0 Å². The molecule has 17 heavy (non-hydrogen) atoms. The van der Waals surface area contributed by atoms with Crippen molar-refractivity contribution in [3.05, 3.63) is 35.4 Å². The van der Waals surface area contributed by atoms with Gasteiger partial charge in [-0.05, 0) is 26.3 Å². The zero-order valence-corrected chi connectivity index (χ0v) is 10.1. The van der Waals surface area contributed by atoms with Crippen LogP contribution in [0, 0.1) is 6.92 Å². The highest BCUT2D eigenvalue weighted by molar-refractivity contribution is 5.25. The fraction of sp³-hybridized carbons (Fsp3) is 0.571. The Kier molecular flexibility index (Phi) is 6.39. The van der Waals surface area contributed by atoms with E-state index < -0.39 is 11.7 Å².